The molecular weight excluding hydrogens is 226 g/mol. The molecule has 0 bridgehead atoms. The van der Waals surface area contributed by atoms with Crippen LogP contribution in [0, 0.1) is 11.8 Å². The maximum atomic E-state index is 11.9. The first-order valence-electron chi connectivity index (χ1n) is 5.94. The Labute approximate surface area is 99.0 Å². The molecule has 4 nitrogen and oxygen atoms in total. The Kier molecular flexibility index (Phi) is 5.21. The van der Waals surface area contributed by atoms with Crippen LogP contribution in [-0.2, 0) is 14.8 Å². The minimum absolute atomic E-state index is 0.107. The summed E-state index contributed by atoms with van der Waals surface area (Å²) in [7, 11) is -1.56. The first kappa shape index (κ1) is 13.9. The summed E-state index contributed by atoms with van der Waals surface area (Å²) in [5.74, 6) is 1.44. The van der Waals surface area contributed by atoms with Crippen LogP contribution in [0.15, 0.2) is 0 Å². The van der Waals surface area contributed by atoms with E-state index in [-0.39, 0.29) is 12.4 Å². The zero-order valence-electron chi connectivity index (χ0n) is 10.5. The number of piperidine rings is 1. The summed E-state index contributed by atoms with van der Waals surface area (Å²) in [5, 5.41) is 0. The summed E-state index contributed by atoms with van der Waals surface area (Å²) >= 11 is 0. The van der Waals surface area contributed by atoms with Crippen LogP contribution in [0.25, 0.3) is 0 Å². The molecule has 0 saturated carbocycles. The zero-order valence-corrected chi connectivity index (χ0v) is 11.3. The highest BCUT2D eigenvalue weighted by atomic mass is 32.2. The first-order valence-corrected chi connectivity index (χ1v) is 7.55. The van der Waals surface area contributed by atoms with Crippen molar-refractivity contribution in [1.82, 2.24) is 4.31 Å². The van der Waals surface area contributed by atoms with E-state index >= 15 is 0 Å². The zero-order chi connectivity index (χ0) is 12.2. The average molecular weight is 249 g/mol. The van der Waals surface area contributed by atoms with Crippen molar-refractivity contribution in [2.75, 3.05) is 32.6 Å². The van der Waals surface area contributed by atoms with Crippen LogP contribution in [-0.4, -0.2) is 45.3 Å². The Morgan fingerprint density at radius 2 is 1.88 bits per heavy atom. The molecular formula is C11H23NO3S. The number of ether oxygens (including phenoxy) is 1. The quantitative estimate of drug-likeness (QED) is 0.738. The predicted octanol–water partition coefficient (Wildman–Crippen LogP) is 1.33. The maximum Gasteiger partial charge on any atom is 0.216 e. The van der Waals surface area contributed by atoms with E-state index in [0.717, 1.165) is 12.8 Å². The molecule has 16 heavy (non-hydrogen) atoms. The highest BCUT2D eigenvalue weighted by molar-refractivity contribution is 7.89. The molecule has 0 atom stereocenters. The van der Waals surface area contributed by atoms with Gasteiger partial charge in [0.1, 0.15) is 0 Å². The molecule has 96 valence electrons. The lowest BCUT2D eigenvalue weighted by atomic mass is 9.87. The van der Waals surface area contributed by atoms with Crippen molar-refractivity contribution >= 4 is 10.0 Å². The van der Waals surface area contributed by atoms with Gasteiger partial charge in [0, 0.05) is 20.2 Å². The third kappa shape index (κ3) is 3.71. The van der Waals surface area contributed by atoms with Gasteiger partial charge in [0.05, 0.1) is 12.4 Å². The highest BCUT2D eigenvalue weighted by Crippen LogP contribution is 2.25. The molecule has 0 N–H and O–H groups in total. The van der Waals surface area contributed by atoms with E-state index in [9.17, 15) is 8.42 Å². The molecule has 0 amide bonds. The molecule has 0 aromatic rings. The molecule has 5 heteroatoms. The van der Waals surface area contributed by atoms with Crippen molar-refractivity contribution in [3.05, 3.63) is 0 Å². The van der Waals surface area contributed by atoms with Gasteiger partial charge in [0.15, 0.2) is 0 Å². The van der Waals surface area contributed by atoms with Gasteiger partial charge in [-0.05, 0) is 24.7 Å². The summed E-state index contributed by atoms with van der Waals surface area (Å²) in [5.41, 5.74) is 0. The molecule has 0 aliphatic carbocycles. The summed E-state index contributed by atoms with van der Waals surface area (Å²) in [6, 6.07) is 0. The third-order valence-electron chi connectivity index (χ3n) is 3.38. The van der Waals surface area contributed by atoms with Crippen molar-refractivity contribution < 1.29 is 13.2 Å². The van der Waals surface area contributed by atoms with Crippen LogP contribution in [0.3, 0.4) is 0 Å². The van der Waals surface area contributed by atoms with Crippen molar-refractivity contribution in [3.8, 4) is 0 Å². The lowest BCUT2D eigenvalue weighted by Crippen LogP contribution is -2.41. The van der Waals surface area contributed by atoms with Crippen molar-refractivity contribution in [2.24, 2.45) is 11.8 Å². The fraction of sp³-hybridized carbons (Fsp3) is 1.00. The number of hydrogen-bond acceptors (Lipinski definition) is 3. The van der Waals surface area contributed by atoms with E-state index in [0.29, 0.717) is 24.9 Å². The van der Waals surface area contributed by atoms with Crippen LogP contribution < -0.4 is 0 Å². The minimum atomic E-state index is -3.09. The second kappa shape index (κ2) is 5.98. The SMILES string of the molecule is COCCS(=O)(=O)N1CCC(C(C)C)CC1. The van der Waals surface area contributed by atoms with Crippen molar-refractivity contribution in [2.45, 2.75) is 26.7 Å². The highest BCUT2D eigenvalue weighted by Gasteiger charge is 2.28. The normalized spacial score (nSPS) is 20.5. The summed E-state index contributed by atoms with van der Waals surface area (Å²) in [4.78, 5) is 0. The van der Waals surface area contributed by atoms with Crippen molar-refractivity contribution in [1.29, 1.82) is 0 Å². The average Bonchev–Trinajstić information content (AvgIpc) is 2.26. The molecule has 1 heterocycles. The Bertz CT molecular complexity index is 292. The molecule has 0 aromatic carbocycles. The maximum absolute atomic E-state index is 11.9. The molecule has 1 aliphatic heterocycles. The third-order valence-corrected chi connectivity index (χ3v) is 5.21. The Morgan fingerprint density at radius 1 is 1.31 bits per heavy atom. The lowest BCUT2D eigenvalue weighted by Gasteiger charge is -2.33. The van der Waals surface area contributed by atoms with Gasteiger partial charge in [-0.1, -0.05) is 13.8 Å². The number of hydrogen-bond donors (Lipinski definition) is 0. The van der Waals surface area contributed by atoms with E-state index < -0.39 is 10.0 Å². The molecule has 0 spiro atoms. The predicted molar refractivity (Wildman–Crippen MR) is 64.8 cm³/mol. The van der Waals surface area contributed by atoms with Crippen LogP contribution in [0.5, 0.6) is 0 Å². The van der Waals surface area contributed by atoms with Gasteiger partial charge in [-0.25, -0.2) is 12.7 Å². The topological polar surface area (TPSA) is 46.6 Å². The van der Waals surface area contributed by atoms with Gasteiger partial charge >= 0.3 is 0 Å². The second-order valence-corrected chi connectivity index (χ2v) is 6.88. The van der Waals surface area contributed by atoms with Crippen LogP contribution >= 0.6 is 0 Å². The van der Waals surface area contributed by atoms with Gasteiger partial charge in [0.2, 0.25) is 10.0 Å². The molecule has 0 aromatic heterocycles. The van der Waals surface area contributed by atoms with Gasteiger partial charge in [-0.2, -0.15) is 0 Å². The van der Waals surface area contributed by atoms with Crippen LogP contribution in [0.4, 0.5) is 0 Å². The van der Waals surface area contributed by atoms with E-state index in [2.05, 4.69) is 13.8 Å². The van der Waals surface area contributed by atoms with E-state index in [1.54, 1.807) is 4.31 Å². The molecule has 0 unspecified atom stereocenters. The summed E-state index contributed by atoms with van der Waals surface area (Å²) < 4.78 is 30.2. The number of methoxy groups -OCH3 is 1. The van der Waals surface area contributed by atoms with Crippen LogP contribution in [0.1, 0.15) is 26.7 Å². The standard InChI is InChI=1S/C11H23NO3S/c1-10(2)11-4-6-12(7-5-11)16(13,14)9-8-15-3/h10-11H,4-9H2,1-3H3. The van der Waals surface area contributed by atoms with E-state index in [4.69, 9.17) is 4.74 Å². The van der Waals surface area contributed by atoms with Gasteiger partial charge < -0.3 is 4.74 Å². The number of rotatable bonds is 5. The fourth-order valence-corrected chi connectivity index (χ4v) is 3.54. The monoisotopic (exact) mass is 249 g/mol. The fourth-order valence-electron chi connectivity index (χ4n) is 2.14. The molecule has 0 radical (unpaired) electrons. The molecule has 1 rings (SSSR count). The van der Waals surface area contributed by atoms with Crippen LogP contribution in [0.2, 0.25) is 0 Å². The first-order chi connectivity index (χ1) is 7.47. The second-order valence-electron chi connectivity index (χ2n) is 4.79. The molecule has 1 aliphatic rings. The van der Waals surface area contributed by atoms with Gasteiger partial charge in [-0.15, -0.1) is 0 Å². The van der Waals surface area contributed by atoms with Gasteiger partial charge in [0.25, 0.3) is 0 Å². The summed E-state index contributed by atoms with van der Waals surface area (Å²) in [6.07, 6.45) is 1.98. The Hall–Kier alpha value is -0.130. The largest absolute Gasteiger partial charge is 0.384 e. The van der Waals surface area contributed by atoms with E-state index in [1.807, 2.05) is 0 Å². The summed E-state index contributed by atoms with van der Waals surface area (Å²) in [6.45, 7) is 6.05. The number of nitrogens with zero attached hydrogens (tertiary/aromatic N) is 1. The Morgan fingerprint density at radius 3 is 2.31 bits per heavy atom. The number of sulfonamides is 1. The Balaban J connectivity index is 2.47. The molecule has 1 fully saturated rings. The van der Waals surface area contributed by atoms with Crippen molar-refractivity contribution in [3.63, 3.8) is 0 Å². The van der Waals surface area contributed by atoms with E-state index in [1.165, 1.54) is 7.11 Å². The smallest absolute Gasteiger partial charge is 0.216 e. The lowest BCUT2D eigenvalue weighted by molar-refractivity contribution is 0.208. The molecule has 1 saturated heterocycles. The van der Waals surface area contributed by atoms with Gasteiger partial charge in [-0.3, -0.25) is 0 Å². The minimum Gasteiger partial charge on any atom is -0.384 e.